The Kier molecular flexibility index (Phi) is 13.3. The van der Waals surface area contributed by atoms with Crippen molar-refractivity contribution >= 4 is 11.9 Å². The van der Waals surface area contributed by atoms with Crippen LogP contribution in [0.1, 0.15) is 6.42 Å². The summed E-state index contributed by atoms with van der Waals surface area (Å²) in [5.74, 6) is -118. The minimum atomic E-state index is -9.40. The van der Waals surface area contributed by atoms with Gasteiger partial charge in [0.05, 0.1) is 6.42 Å². The highest BCUT2D eigenvalue weighted by Gasteiger charge is 2.98. The third-order valence-corrected chi connectivity index (χ3v) is 6.54. The molecule has 0 amide bonds. The lowest BCUT2D eigenvalue weighted by Gasteiger charge is -2.43. The Morgan fingerprint density at radius 1 is 0.305 bits per heavy atom. The van der Waals surface area contributed by atoms with E-state index in [0.717, 1.165) is 0 Å². The number of hydrogen-bond acceptors (Lipinski definition) is 4. The first-order chi connectivity index (χ1) is 24.9. The predicted octanol–water partition coefficient (Wildman–Crippen LogP) is 11.0. The third-order valence-electron chi connectivity index (χ3n) is 6.54. The maximum Gasteiger partial charge on any atom is 0.467 e. The Balaban J connectivity index is 7.20. The summed E-state index contributed by atoms with van der Waals surface area (Å²) in [7, 11) is 0. The van der Waals surface area contributed by atoms with Crippen LogP contribution < -0.4 is 0 Å². The van der Waals surface area contributed by atoms with Crippen LogP contribution in [0, 0.1) is 0 Å². The Labute approximate surface area is 296 Å². The molecule has 0 saturated heterocycles. The summed E-state index contributed by atoms with van der Waals surface area (Å²) in [5, 5.41) is 0. The number of carbonyl (C=O) groups is 2. The first kappa shape index (κ1) is 55.3. The van der Waals surface area contributed by atoms with Gasteiger partial charge >= 0.3 is 108 Å². The number of halogens is 34. The van der Waals surface area contributed by atoms with Crippen molar-refractivity contribution in [3.8, 4) is 0 Å². The van der Waals surface area contributed by atoms with Crippen molar-refractivity contribution in [3.05, 3.63) is 12.2 Å². The Morgan fingerprint density at radius 2 is 0.508 bits per heavy atom. The van der Waals surface area contributed by atoms with Crippen LogP contribution in [-0.4, -0.2) is 108 Å². The first-order valence-electron chi connectivity index (χ1n) is 12.5. The van der Waals surface area contributed by atoms with Crippen molar-refractivity contribution in [1.82, 2.24) is 0 Å². The lowest BCUT2D eigenvalue weighted by atomic mass is 9.90. The monoisotopic (exact) mass is 966 g/mol. The fraction of sp³-hybridized carbons (Fsp3) is 0.810. The van der Waals surface area contributed by atoms with Crippen molar-refractivity contribution in [2.75, 3.05) is 0 Å². The summed E-state index contributed by atoms with van der Waals surface area (Å²) in [6.07, 6.45) is -37.1. The van der Waals surface area contributed by atoms with Gasteiger partial charge in [-0.2, -0.15) is 149 Å². The average Bonchev–Trinajstić information content (AvgIpc) is 2.97. The van der Waals surface area contributed by atoms with Crippen LogP contribution >= 0.6 is 0 Å². The van der Waals surface area contributed by atoms with E-state index in [1.807, 2.05) is 9.47 Å². The zero-order valence-corrected chi connectivity index (χ0v) is 25.4. The molecule has 0 spiro atoms. The summed E-state index contributed by atoms with van der Waals surface area (Å²) in [6.45, 7) is 1.59. The summed E-state index contributed by atoms with van der Waals surface area (Å²) in [4.78, 5) is 23.1. The summed E-state index contributed by atoms with van der Waals surface area (Å²) in [6, 6.07) is 0. The normalized spacial score (nSPS) is 17.9. The fourth-order valence-electron chi connectivity index (χ4n) is 3.18. The second kappa shape index (κ2) is 14.2. The van der Waals surface area contributed by atoms with Crippen LogP contribution in [0.15, 0.2) is 12.2 Å². The first-order valence-corrected chi connectivity index (χ1v) is 12.5. The van der Waals surface area contributed by atoms with Crippen molar-refractivity contribution in [2.45, 2.75) is 102 Å². The SMILES string of the molecule is C=C(CC(=O)OC(F)(C(F)(F)F)C(F)(F)C(F)(F)C(F)(F)C(F)(F)C(F)(F)C(F)(F)F)C(=O)OC(F)(C(F)(F)F)C(F)(F)C(F)(F)C(F)(F)C(F)(F)C(F)(F)C(F)(F)F. The molecule has 0 aromatic carbocycles. The molecule has 0 aliphatic carbocycles. The smallest absolute Gasteiger partial charge is 0.414 e. The van der Waals surface area contributed by atoms with Gasteiger partial charge in [0.2, 0.25) is 0 Å². The molecule has 0 fully saturated rings. The molecule has 0 aromatic rings. The minimum absolute atomic E-state index is 1.59. The van der Waals surface area contributed by atoms with Crippen molar-refractivity contribution in [1.29, 1.82) is 0 Å². The number of esters is 2. The molecular weight excluding hydrogens is 962 g/mol. The molecule has 0 radical (unpaired) electrons. The van der Waals surface area contributed by atoms with E-state index in [0.29, 0.717) is 0 Å². The average molecular weight is 966 g/mol. The second-order valence-electron chi connectivity index (χ2n) is 10.6. The van der Waals surface area contributed by atoms with E-state index in [9.17, 15) is 159 Å². The number of alkyl halides is 34. The van der Waals surface area contributed by atoms with E-state index >= 15 is 0 Å². The molecule has 0 aliphatic heterocycles. The predicted molar refractivity (Wildman–Crippen MR) is 107 cm³/mol. The maximum atomic E-state index is 14.5. The van der Waals surface area contributed by atoms with Crippen LogP contribution in [0.3, 0.4) is 0 Å². The Morgan fingerprint density at radius 3 is 0.729 bits per heavy atom. The van der Waals surface area contributed by atoms with E-state index in [4.69, 9.17) is 0 Å². The van der Waals surface area contributed by atoms with E-state index < -0.39 is 120 Å². The molecular formula is C21H4F34O4. The molecule has 0 heterocycles. The largest absolute Gasteiger partial charge is 0.467 e. The maximum absolute atomic E-state index is 14.5. The summed E-state index contributed by atoms with van der Waals surface area (Å²) in [5.41, 5.74) is -3.28. The zero-order valence-electron chi connectivity index (χ0n) is 25.4. The molecule has 0 saturated carbocycles. The number of carbonyl (C=O) groups excluding carboxylic acids is 2. The molecule has 0 aromatic heterocycles. The van der Waals surface area contributed by atoms with Gasteiger partial charge in [-0.05, 0) is 0 Å². The molecule has 2 unspecified atom stereocenters. The molecule has 2 atom stereocenters. The van der Waals surface area contributed by atoms with E-state index in [1.54, 1.807) is 6.58 Å². The van der Waals surface area contributed by atoms with Crippen molar-refractivity contribution in [3.63, 3.8) is 0 Å². The molecule has 350 valence electrons. The highest BCUT2D eigenvalue weighted by atomic mass is 19.5. The van der Waals surface area contributed by atoms with E-state index in [-0.39, 0.29) is 0 Å². The molecule has 4 nitrogen and oxygen atoms in total. The molecule has 0 N–H and O–H groups in total. The zero-order chi connectivity index (χ0) is 48.9. The highest BCUT2D eigenvalue weighted by Crippen LogP contribution is 2.66. The van der Waals surface area contributed by atoms with Gasteiger partial charge in [0.15, 0.2) is 0 Å². The van der Waals surface area contributed by atoms with Crippen LogP contribution in [0.5, 0.6) is 0 Å². The standard InChI is InChI=1S/C21H4F34O4/c1-3(5(57)59-17(43,21(53,54)55)13(36,37)9(28,29)7(24,25)11(32,33)15(40,41)19(47,48)49)2-4(56)58-16(42,20(50,51)52)12(34,35)8(26,27)6(22,23)10(30,31)14(38,39)18(44,45)46/h1-2H2. The number of ether oxygens (including phenoxy) is 2. The van der Waals surface area contributed by atoms with Crippen LogP contribution in [0.2, 0.25) is 0 Å². The molecule has 0 rings (SSSR count). The van der Waals surface area contributed by atoms with Gasteiger partial charge in [-0.15, -0.1) is 0 Å². The van der Waals surface area contributed by atoms with Gasteiger partial charge in [0.25, 0.3) is 0 Å². The van der Waals surface area contributed by atoms with Gasteiger partial charge in [0, 0.05) is 5.57 Å². The van der Waals surface area contributed by atoms with E-state index in [1.165, 1.54) is 0 Å². The molecule has 59 heavy (non-hydrogen) atoms. The third kappa shape index (κ3) is 7.55. The van der Waals surface area contributed by atoms with Crippen LogP contribution in [-0.2, 0) is 19.1 Å². The van der Waals surface area contributed by atoms with E-state index in [2.05, 4.69) is 0 Å². The molecule has 38 heteroatoms. The van der Waals surface area contributed by atoms with Crippen molar-refractivity contribution in [2.24, 2.45) is 0 Å². The van der Waals surface area contributed by atoms with Crippen LogP contribution in [0.4, 0.5) is 149 Å². The highest BCUT2D eigenvalue weighted by molar-refractivity contribution is 5.93. The minimum Gasteiger partial charge on any atom is -0.414 e. The lowest BCUT2D eigenvalue weighted by Crippen LogP contribution is -2.75. The van der Waals surface area contributed by atoms with Gasteiger partial charge in [-0.3, -0.25) is 4.79 Å². The molecule has 0 bridgehead atoms. The Bertz CT molecular complexity index is 1590. The van der Waals surface area contributed by atoms with Gasteiger partial charge in [0.1, 0.15) is 0 Å². The number of hydrogen-bond donors (Lipinski definition) is 0. The van der Waals surface area contributed by atoms with Crippen LogP contribution in [0.25, 0.3) is 0 Å². The number of rotatable bonds is 15. The lowest BCUT2D eigenvalue weighted by molar-refractivity contribution is -0.477. The quantitative estimate of drug-likeness (QED) is 0.0932. The summed E-state index contributed by atoms with van der Waals surface area (Å²) >= 11 is 0. The topological polar surface area (TPSA) is 52.6 Å². The van der Waals surface area contributed by atoms with Gasteiger partial charge < -0.3 is 9.47 Å². The Hall–Kier alpha value is -3.70. The fourth-order valence-corrected chi connectivity index (χ4v) is 3.18. The second-order valence-corrected chi connectivity index (χ2v) is 10.6. The summed E-state index contributed by atoms with van der Waals surface area (Å²) < 4.78 is 456. The van der Waals surface area contributed by atoms with Crippen molar-refractivity contribution < 1.29 is 168 Å². The van der Waals surface area contributed by atoms with Gasteiger partial charge in [-0.1, -0.05) is 6.58 Å². The molecule has 0 aliphatic rings. The van der Waals surface area contributed by atoms with Gasteiger partial charge in [-0.25, -0.2) is 4.79 Å².